The van der Waals surface area contributed by atoms with Crippen LogP contribution in [0.5, 0.6) is 5.75 Å². The first-order valence-corrected chi connectivity index (χ1v) is 6.02. The van der Waals surface area contributed by atoms with Gasteiger partial charge in [0.15, 0.2) is 6.10 Å². The third-order valence-electron chi connectivity index (χ3n) is 2.06. The fraction of sp³-hybridized carbons (Fsp3) is 0.364. The Labute approximate surface area is 112 Å². The molecule has 0 bridgehead atoms. The molecule has 0 saturated heterocycles. The van der Waals surface area contributed by atoms with Crippen molar-refractivity contribution in [2.75, 3.05) is 6.61 Å². The van der Waals surface area contributed by atoms with Crippen LogP contribution >= 0.6 is 15.9 Å². The van der Waals surface area contributed by atoms with Crippen LogP contribution < -0.4 is 4.74 Å². The van der Waals surface area contributed by atoms with Crippen molar-refractivity contribution >= 4 is 27.6 Å². The summed E-state index contributed by atoms with van der Waals surface area (Å²) in [4.78, 5) is 21.7. The maximum atomic E-state index is 11.4. The molecular weight excluding hydrogens is 306 g/mol. The molecule has 0 aliphatic rings. The Morgan fingerprint density at radius 1 is 1.56 bits per heavy atom. The molecule has 1 rings (SSSR count). The predicted octanol–water partition coefficient (Wildman–Crippen LogP) is 2.69. The number of carbonyl (C=O) groups excluding carboxylic acids is 1. The van der Waals surface area contributed by atoms with E-state index in [4.69, 9.17) is 9.47 Å². The third-order valence-corrected chi connectivity index (χ3v) is 2.68. The summed E-state index contributed by atoms with van der Waals surface area (Å²) in [5.41, 5.74) is -0.208. The van der Waals surface area contributed by atoms with Crippen LogP contribution in [0.2, 0.25) is 0 Å². The number of hydrogen-bond donors (Lipinski definition) is 0. The molecule has 0 spiro atoms. The van der Waals surface area contributed by atoms with Crippen molar-refractivity contribution in [3.05, 3.63) is 32.8 Å². The summed E-state index contributed by atoms with van der Waals surface area (Å²) in [5, 5.41) is 10.8. The Kier molecular flexibility index (Phi) is 5.08. The van der Waals surface area contributed by atoms with E-state index in [2.05, 4.69) is 15.9 Å². The second kappa shape index (κ2) is 6.34. The SMILES string of the molecule is CCOC(=O)C(C)Oc1c(Br)cccc1[N+](=O)[O-]. The van der Waals surface area contributed by atoms with Crippen molar-refractivity contribution in [2.24, 2.45) is 0 Å². The van der Waals surface area contributed by atoms with E-state index in [1.54, 1.807) is 13.0 Å². The number of esters is 1. The van der Waals surface area contributed by atoms with Gasteiger partial charge in [-0.1, -0.05) is 6.07 Å². The molecular formula is C11H12BrNO5. The summed E-state index contributed by atoms with van der Waals surface area (Å²) in [6.45, 7) is 3.37. The maximum Gasteiger partial charge on any atom is 0.347 e. The topological polar surface area (TPSA) is 78.7 Å². The normalized spacial score (nSPS) is 11.7. The summed E-state index contributed by atoms with van der Waals surface area (Å²) < 4.78 is 10.5. The Hall–Kier alpha value is -1.63. The van der Waals surface area contributed by atoms with Crippen molar-refractivity contribution < 1.29 is 19.2 Å². The highest BCUT2D eigenvalue weighted by Gasteiger charge is 2.23. The van der Waals surface area contributed by atoms with Crippen LogP contribution in [0.4, 0.5) is 5.69 Å². The molecule has 0 fully saturated rings. The Bertz CT molecular complexity index is 463. The van der Waals surface area contributed by atoms with Gasteiger partial charge in [-0.2, -0.15) is 0 Å². The van der Waals surface area contributed by atoms with Gasteiger partial charge in [-0.25, -0.2) is 4.79 Å². The molecule has 1 unspecified atom stereocenters. The molecule has 0 aromatic heterocycles. The minimum atomic E-state index is -0.914. The number of para-hydroxylation sites is 1. The minimum absolute atomic E-state index is 0.0167. The average molecular weight is 318 g/mol. The van der Waals surface area contributed by atoms with Crippen LogP contribution in [-0.4, -0.2) is 23.6 Å². The molecule has 98 valence electrons. The molecule has 6 nitrogen and oxygen atoms in total. The zero-order valence-corrected chi connectivity index (χ0v) is 11.5. The summed E-state index contributed by atoms with van der Waals surface area (Å²) in [5.74, 6) is -0.550. The zero-order valence-electron chi connectivity index (χ0n) is 9.88. The number of benzene rings is 1. The van der Waals surface area contributed by atoms with Gasteiger partial charge in [0.1, 0.15) is 0 Å². The molecule has 18 heavy (non-hydrogen) atoms. The van der Waals surface area contributed by atoms with Crippen LogP contribution in [0.15, 0.2) is 22.7 Å². The number of halogens is 1. The lowest BCUT2D eigenvalue weighted by molar-refractivity contribution is -0.386. The molecule has 1 atom stereocenters. The lowest BCUT2D eigenvalue weighted by Gasteiger charge is -2.14. The van der Waals surface area contributed by atoms with Crippen LogP contribution in [-0.2, 0) is 9.53 Å². The Morgan fingerprint density at radius 3 is 2.78 bits per heavy atom. The fourth-order valence-corrected chi connectivity index (χ4v) is 1.69. The van der Waals surface area contributed by atoms with Gasteiger partial charge in [-0.05, 0) is 35.8 Å². The number of rotatable bonds is 5. The van der Waals surface area contributed by atoms with E-state index in [1.807, 2.05) is 0 Å². The van der Waals surface area contributed by atoms with Crippen LogP contribution in [0.3, 0.4) is 0 Å². The smallest absolute Gasteiger partial charge is 0.347 e. The molecule has 0 amide bonds. The first kappa shape index (κ1) is 14.4. The minimum Gasteiger partial charge on any atom is -0.471 e. The van der Waals surface area contributed by atoms with Gasteiger partial charge in [0.05, 0.1) is 16.0 Å². The number of ether oxygens (including phenoxy) is 2. The van der Waals surface area contributed by atoms with Gasteiger partial charge in [0.25, 0.3) is 0 Å². The Balaban J connectivity index is 2.96. The average Bonchev–Trinajstić information content (AvgIpc) is 2.31. The summed E-state index contributed by atoms with van der Waals surface area (Å²) in [6, 6.07) is 4.42. The largest absolute Gasteiger partial charge is 0.471 e. The third kappa shape index (κ3) is 3.43. The van der Waals surface area contributed by atoms with Crippen LogP contribution in [0.25, 0.3) is 0 Å². The van der Waals surface area contributed by atoms with Crippen molar-refractivity contribution in [2.45, 2.75) is 20.0 Å². The molecule has 0 radical (unpaired) electrons. The van der Waals surface area contributed by atoms with E-state index < -0.39 is 17.0 Å². The number of carbonyl (C=O) groups is 1. The lowest BCUT2D eigenvalue weighted by atomic mass is 10.3. The number of nitro benzene ring substituents is 1. The lowest BCUT2D eigenvalue weighted by Crippen LogP contribution is -2.26. The molecule has 1 aromatic rings. The van der Waals surface area contributed by atoms with Gasteiger partial charge in [0.2, 0.25) is 5.75 Å². The first-order chi connectivity index (χ1) is 8.47. The highest BCUT2D eigenvalue weighted by molar-refractivity contribution is 9.10. The van der Waals surface area contributed by atoms with Crippen molar-refractivity contribution in [1.82, 2.24) is 0 Å². The Morgan fingerprint density at radius 2 is 2.22 bits per heavy atom. The molecule has 0 aliphatic carbocycles. The molecule has 0 heterocycles. The molecule has 0 aliphatic heterocycles. The van der Waals surface area contributed by atoms with Gasteiger partial charge in [0, 0.05) is 6.07 Å². The molecule has 1 aromatic carbocycles. The number of nitrogens with zero attached hydrogens (tertiary/aromatic N) is 1. The highest BCUT2D eigenvalue weighted by Crippen LogP contribution is 2.35. The van der Waals surface area contributed by atoms with Gasteiger partial charge in [-0.3, -0.25) is 10.1 Å². The van der Waals surface area contributed by atoms with E-state index in [1.165, 1.54) is 19.1 Å². The molecule has 0 N–H and O–H groups in total. The van der Waals surface area contributed by atoms with Crippen molar-refractivity contribution in [3.8, 4) is 5.75 Å². The second-order valence-electron chi connectivity index (χ2n) is 3.36. The zero-order chi connectivity index (χ0) is 13.7. The highest BCUT2D eigenvalue weighted by atomic mass is 79.9. The van der Waals surface area contributed by atoms with Gasteiger partial charge < -0.3 is 9.47 Å². The van der Waals surface area contributed by atoms with Gasteiger partial charge in [-0.15, -0.1) is 0 Å². The van der Waals surface area contributed by atoms with Crippen LogP contribution in [0.1, 0.15) is 13.8 Å². The molecule has 0 saturated carbocycles. The summed E-state index contributed by atoms with van der Waals surface area (Å²) in [7, 11) is 0. The predicted molar refractivity (Wildman–Crippen MR) is 67.5 cm³/mol. The van der Waals surface area contributed by atoms with E-state index >= 15 is 0 Å². The first-order valence-electron chi connectivity index (χ1n) is 5.23. The van der Waals surface area contributed by atoms with E-state index in [0.29, 0.717) is 4.47 Å². The van der Waals surface area contributed by atoms with E-state index in [-0.39, 0.29) is 18.0 Å². The maximum absolute atomic E-state index is 11.4. The fourth-order valence-electron chi connectivity index (χ4n) is 1.24. The van der Waals surface area contributed by atoms with Crippen molar-refractivity contribution in [1.29, 1.82) is 0 Å². The van der Waals surface area contributed by atoms with E-state index in [9.17, 15) is 14.9 Å². The number of nitro groups is 1. The standard InChI is InChI=1S/C11H12BrNO5/c1-3-17-11(14)7(2)18-10-8(12)5-4-6-9(10)13(15)16/h4-7H,3H2,1-2H3. The summed E-state index contributed by atoms with van der Waals surface area (Å²) in [6.07, 6.45) is -0.914. The molecule has 7 heteroatoms. The van der Waals surface area contributed by atoms with Crippen LogP contribution in [0, 0.1) is 10.1 Å². The van der Waals surface area contributed by atoms with E-state index in [0.717, 1.165) is 0 Å². The van der Waals surface area contributed by atoms with Gasteiger partial charge >= 0.3 is 11.7 Å². The quantitative estimate of drug-likeness (QED) is 0.474. The monoisotopic (exact) mass is 317 g/mol. The summed E-state index contributed by atoms with van der Waals surface area (Å²) >= 11 is 3.15. The van der Waals surface area contributed by atoms with Crippen molar-refractivity contribution in [3.63, 3.8) is 0 Å². The second-order valence-corrected chi connectivity index (χ2v) is 4.21. The number of hydrogen-bond acceptors (Lipinski definition) is 5.